The molecule has 0 amide bonds. The van der Waals surface area contributed by atoms with Crippen LogP contribution < -0.4 is 5.73 Å². The van der Waals surface area contributed by atoms with Gasteiger partial charge < -0.3 is 10.8 Å². The van der Waals surface area contributed by atoms with Gasteiger partial charge in [0.05, 0.1) is 30.7 Å². The lowest BCUT2D eigenvalue weighted by molar-refractivity contribution is 0.267. The number of anilines is 1. The van der Waals surface area contributed by atoms with Gasteiger partial charge in [-0.3, -0.25) is 4.68 Å². The largest absolute Gasteiger partial charge is 0.396 e. The topological polar surface area (TPSA) is 64.1 Å². The zero-order valence-corrected chi connectivity index (χ0v) is 8.90. The van der Waals surface area contributed by atoms with E-state index >= 15 is 0 Å². The normalized spacial score (nSPS) is 11.1. The van der Waals surface area contributed by atoms with E-state index in [0.717, 1.165) is 24.2 Å². The Morgan fingerprint density at radius 2 is 2.29 bits per heavy atom. The zero-order valence-electron chi connectivity index (χ0n) is 8.90. The Balaban J connectivity index is 2.67. The Labute approximate surface area is 84.7 Å². The van der Waals surface area contributed by atoms with Crippen molar-refractivity contribution in [1.82, 2.24) is 9.78 Å². The van der Waals surface area contributed by atoms with E-state index in [4.69, 9.17) is 10.8 Å². The SMILES string of the molecule is CC(C)CCc1c(N)cnn1CCO. The first-order chi connectivity index (χ1) is 6.65. The van der Waals surface area contributed by atoms with Gasteiger partial charge in [-0.25, -0.2) is 0 Å². The molecule has 0 aliphatic carbocycles. The summed E-state index contributed by atoms with van der Waals surface area (Å²) >= 11 is 0. The highest BCUT2D eigenvalue weighted by Crippen LogP contribution is 2.15. The summed E-state index contributed by atoms with van der Waals surface area (Å²) in [5.41, 5.74) is 7.58. The molecule has 4 nitrogen and oxygen atoms in total. The molecule has 0 radical (unpaired) electrons. The molecule has 1 aromatic heterocycles. The molecule has 0 fully saturated rings. The summed E-state index contributed by atoms with van der Waals surface area (Å²) in [4.78, 5) is 0. The number of nitrogens with two attached hydrogens (primary N) is 1. The fraction of sp³-hybridized carbons (Fsp3) is 0.700. The van der Waals surface area contributed by atoms with Crippen LogP contribution in [0.2, 0.25) is 0 Å². The van der Waals surface area contributed by atoms with Crippen LogP contribution in [0.25, 0.3) is 0 Å². The first kappa shape index (κ1) is 11.0. The molecule has 0 unspecified atom stereocenters. The number of hydrogen-bond acceptors (Lipinski definition) is 3. The molecule has 0 atom stereocenters. The van der Waals surface area contributed by atoms with Crippen molar-refractivity contribution in [2.45, 2.75) is 33.2 Å². The standard InChI is InChI=1S/C10H19N3O/c1-8(2)3-4-10-9(11)7-12-13(10)5-6-14/h7-8,14H,3-6,11H2,1-2H3. The number of rotatable bonds is 5. The number of nitrogen functional groups attached to an aromatic ring is 1. The Hall–Kier alpha value is -1.03. The predicted octanol–water partition coefficient (Wildman–Crippen LogP) is 1.05. The molecule has 0 aliphatic rings. The molecule has 1 heterocycles. The maximum Gasteiger partial charge on any atom is 0.0733 e. The van der Waals surface area contributed by atoms with Gasteiger partial charge in [0.15, 0.2) is 0 Å². The monoisotopic (exact) mass is 197 g/mol. The van der Waals surface area contributed by atoms with E-state index in [1.807, 2.05) is 0 Å². The molecule has 4 heteroatoms. The summed E-state index contributed by atoms with van der Waals surface area (Å²) in [6, 6.07) is 0. The van der Waals surface area contributed by atoms with Crippen LogP contribution in [0.4, 0.5) is 5.69 Å². The lowest BCUT2D eigenvalue weighted by Gasteiger charge is -2.08. The van der Waals surface area contributed by atoms with E-state index in [1.54, 1.807) is 10.9 Å². The van der Waals surface area contributed by atoms with Crippen molar-refractivity contribution in [2.24, 2.45) is 5.92 Å². The molecule has 0 spiro atoms. The minimum Gasteiger partial charge on any atom is -0.396 e. The molecule has 0 aromatic carbocycles. The van der Waals surface area contributed by atoms with Crippen LogP contribution in [0.15, 0.2) is 6.20 Å². The van der Waals surface area contributed by atoms with Crippen LogP contribution in [0.3, 0.4) is 0 Å². The molecular weight excluding hydrogens is 178 g/mol. The van der Waals surface area contributed by atoms with E-state index in [9.17, 15) is 0 Å². The van der Waals surface area contributed by atoms with Crippen molar-refractivity contribution in [2.75, 3.05) is 12.3 Å². The number of aromatic nitrogens is 2. The van der Waals surface area contributed by atoms with E-state index in [2.05, 4.69) is 18.9 Å². The van der Waals surface area contributed by atoms with Crippen LogP contribution in [0.5, 0.6) is 0 Å². The first-order valence-corrected chi connectivity index (χ1v) is 5.06. The maximum atomic E-state index is 8.83. The van der Waals surface area contributed by atoms with Gasteiger partial charge in [-0.1, -0.05) is 13.8 Å². The molecule has 80 valence electrons. The second-order valence-electron chi connectivity index (χ2n) is 3.93. The Morgan fingerprint density at radius 3 is 2.86 bits per heavy atom. The third-order valence-electron chi connectivity index (χ3n) is 2.25. The second kappa shape index (κ2) is 5.00. The molecule has 1 aromatic rings. The molecule has 0 saturated heterocycles. The van der Waals surface area contributed by atoms with Gasteiger partial charge in [-0.05, 0) is 18.8 Å². The Bertz CT molecular complexity index is 281. The van der Waals surface area contributed by atoms with Crippen LogP contribution in [-0.4, -0.2) is 21.5 Å². The second-order valence-corrected chi connectivity index (χ2v) is 3.93. The smallest absolute Gasteiger partial charge is 0.0733 e. The fourth-order valence-electron chi connectivity index (χ4n) is 1.41. The highest BCUT2D eigenvalue weighted by atomic mass is 16.3. The first-order valence-electron chi connectivity index (χ1n) is 5.06. The number of hydrogen-bond donors (Lipinski definition) is 2. The highest BCUT2D eigenvalue weighted by Gasteiger charge is 2.08. The van der Waals surface area contributed by atoms with E-state index in [1.165, 1.54) is 0 Å². The summed E-state index contributed by atoms with van der Waals surface area (Å²) in [6.45, 7) is 5.01. The Kier molecular flexibility index (Phi) is 3.95. The molecular formula is C10H19N3O. The van der Waals surface area contributed by atoms with Crippen molar-refractivity contribution < 1.29 is 5.11 Å². The minimum atomic E-state index is 0.107. The van der Waals surface area contributed by atoms with Crippen molar-refractivity contribution in [1.29, 1.82) is 0 Å². The van der Waals surface area contributed by atoms with Crippen LogP contribution in [-0.2, 0) is 13.0 Å². The average molecular weight is 197 g/mol. The molecule has 0 saturated carbocycles. The van der Waals surface area contributed by atoms with E-state index in [-0.39, 0.29) is 6.61 Å². The number of nitrogens with zero attached hydrogens (tertiary/aromatic N) is 2. The van der Waals surface area contributed by atoms with E-state index in [0.29, 0.717) is 12.5 Å². The van der Waals surface area contributed by atoms with Gasteiger partial charge in [0.2, 0.25) is 0 Å². The van der Waals surface area contributed by atoms with Crippen LogP contribution in [0.1, 0.15) is 26.0 Å². The van der Waals surface area contributed by atoms with Gasteiger partial charge in [0, 0.05) is 0 Å². The number of aliphatic hydroxyl groups excluding tert-OH is 1. The average Bonchev–Trinajstić information content (AvgIpc) is 2.45. The third kappa shape index (κ3) is 2.73. The summed E-state index contributed by atoms with van der Waals surface area (Å²) in [7, 11) is 0. The summed E-state index contributed by atoms with van der Waals surface area (Å²) in [6.07, 6.45) is 3.69. The van der Waals surface area contributed by atoms with Crippen molar-refractivity contribution >= 4 is 5.69 Å². The molecule has 1 rings (SSSR count). The summed E-state index contributed by atoms with van der Waals surface area (Å²) in [5.74, 6) is 0.659. The predicted molar refractivity (Wildman–Crippen MR) is 56.9 cm³/mol. The van der Waals surface area contributed by atoms with Gasteiger partial charge in [0.25, 0.3) is 0 Å². The molecule has 3 N–H and O–H groups in total. The molecule has 14 heavy (non-hydrogen) atoms. The van der Waals surface area contributed by atoms with E-state index < -0.39 is 0 Å². The minimum absolute atomic E-state index is 0.107. The van der Waals surface area contributed by atoms with Gasteiger partial charge in [-0.2, -0.15) is 5.10 Å². The van der Waals surface area contributed by atoms with Gasteiger partial charge in [-0.15, -0.1) is 0 Å². The lowest BCUT2D eigenvalue weighted by Crippen LogP contribution is -2.09. The zero-order chi connectivity index (χ0) is 10.6. The lowest BCUT2D eigenvalue weighted by atomic mass is 10.1. The third-order valence-corrected chi connectivity index (χ3v) is 2.25. The number of aliphatic hydroxyl groups is 1. The van der Waals surface area contributed by atoms with Crippen molar-refractivity contribution in [3.63, 3.8) is 0 Å². The van der Waals surface area contributed by atoms with Gasteiger partial charge in [0.1, 0.15) is 0 Å². The van der Waals surface area contributed by atoms with Gasteiger partial charge >= 0.3 is 0 Å². The quantitative estimate of drug-likeness (QED) is 0.741. The Morgan fingerprint density at radius 1 is 1.57 bits per heavy atom. The highest BCUT2D eigenvalue weighted by molar-refractivity contribution is 5.40. The van der Waals surface area contributed by atoms with Crippen molar-refractivity contribution in [3.05, 3.63) is 11.9 Å². The molecule has 0 bridgehead atoms. The fourth-order valence-corrected chi connectivity index (χ4v) is 1.41. The molecule has 0 aliphatic heterocycles. The van der Waals surface area contributed by atoms with Crippen LogP contribution in [0, 0.1) is 5.92 Å². The summed E-state index contributed by atoms with van der Waals surface area (Å²) < 4.78 is 1.79. The van der Waals surface area contributed by atoms with Crippen LogP contribution >= 0.6 is 0 Å². The van der Waals surface area contributed by atoms with Crippen molar-refractivity contribution in [3.8, 4) is 0 Å². The summed E-state index contributed by atoms with van der Waals surface area (Å²) in [5, 5.41) is 12.9. The maximum absolute atomic E-state index is 8.83.